The lowest BCUT2D eigenvalue weighted by Gasteiger charge is -2.27. The van der Waals surface area contributed by atoms with E-state index in [1.54, 1.807) is 47.0 Å². The molecule has 12 heterocycles. The van der Waals surface area contributed by atoms with Gasteiger partial charge in [0.15, 0.2) is 29.1 Å². The summed E-state index contributed by atoms with van der Waals surface area (Å²) in [5, 5.41) is 41.1. The van der Waals surface area contributed by atoms with Gasteiger partial charge in [0, 0.05) is 216 Å². The number of hydrogen-bond donors (Lipinski definition) is 5. The van der Waals surface area contributed by atoms with Gasteiger partial charge < -0.3 is 51.1 Å². The zero-order valence-corrected chi connectivity index (χ0v) is 74.0. The molecule has 27 nitrogen and oxygen atoms in total. The van der Waals surface area contributed by atoms with Crippen molar-refractivity contribution in [3.63, 3.8) is 0 Å². The summed E-state index contributed by atoms with van der Waals surface area (Å²) in [5.41, 5.74) is 26.0. The topological polar surface area (TPSA) is 277 Å². The van der Waals surface area contributed by atoms with Crippen molar-refractivity contribution in [2.75, 3.05) is 59.3 Å². The summed E-state index contributed by atoms with van der Waals surface area (Å²) >= 11 is 0. The van der Waals surface area contributed by atoms with Gasteiger partial charge in [0.1, 0.15) is 0 Å². The van der Waals surface area contributed by atoms with Crippen molar-refractivity contribution < 1.29 is 24.0 Å². The van der Waals surface area contributed by atoms with Crippen LogP contribution >= 0.6 is 0 Å². The van der Waals surface area contributed by atoms with E-state index in [0.717, 1.165) is 168 Å². The van der Waals surface area contributed by atoms with Crippen LogP contribution in [-0.2, 0) is 115 Å². The van der Waals surface area contributed by atoms with Crippen LogP contribution in [0.1, 0.15) is 155 Å². The van der Waals surface area contributed by atoms with Crippen LogP contribution in [0.5, 0.6) is 0 Å². The number of carbonyl (C=O) groups is 5. The van der Waals surface area contributed by atoms with Gasteiger partial charge in [0.05, 0.1) is 57.5 Å². The maximum absolute atomic E-state index is 12.0. The Morgan fingerprint density at radius 1 is 0.360 bits per heavy atom. The highest BCUT2D eigenvalue weighted by atomic mass is 16.2. The number of aromatic nitrogens is 12. The third kappa shape index (κ3) is 21.7. The van der Waals surface area contributed by atoms with Crippen LogP contribution in [0.3, 0.4) is 0 Å². The van der Waals surface area contributed by atoms with Crippen molar-refractivity contribution in [3.05, 3.63) is 302 Å². The summed E-state index contributed by atoms with van der Waals surface area (Å²) in [7, 11) is 1.96. The number of fused-ring (bicyclic) bond motifs is 5. The van der Waals surface area contributed by atoms with E-state index in [9.17, 15) is 24.0 Å². The maximum Gasteiger partial charge on any atom is 0.219 e. The standard InChI is InChI=1S/C23H26N4O.2C21H23N5O.C17H22N4O.C16H20N4O/c1-16-8-7-11-20(14-16)24-23-21-15-26(18(3)28)13-12-22(21)27(25-23)17(2)19-9-5-4-6-10-19;1-15-5-3-7-18(11-15)23-21-19-14-25(16(2)27)10-8-20(19)26(24-21)13-17-6-4-9-22-12-17;1-15-6-5-8-17(12-15)23-21-19-14-25(16(2)27)11-9-20(19)26(24-21)13-18-7-3-4-10-22-18;1-4-21-16-8-9-20(13(3)22)11-15(16)17(19-21)18-14-7-5-6-12(2)10-14;1-11-5-4-6-13(9-11)17-16-14-10-20(12(2)21)8-7-15(14)19(3)18-16/h4-11,14,17H,12-13,15H2,1-3H3,(H,24,25);3-7,9,11-12H,8,10,13-14H2,1-2H3,(H,23,24);3-8,10,12H,9,11,13-14H2,1-2H3,(H,23,24);5-7,10H,4,8-9,11H2,1-3H3,(H,18,19);4-6,9H,7-8,10H2,1-3H3,(H,17,18). The van der Waals surface area contributed by atoms with E-state index in [2.05, 4.69) is 186 Å². The molecule has 1 unspecified atom stereocenters. The van der Waals surface area contributed by atoms with Gasteiger partial charge in [-0.15, -0.1) is 0 Å². The van der Waals surface area contributed by atoms with Crippen LogP contribution in [0.4, 0.5) is 57.5 Å². The Balaban J connectivity index is 0.000000128. The Kier molecular flexibility index (Phi) is 27.9. The van der Waals surface area contributed by atoms with Crippen molar-refractivity contribution >= 4 is 87.1 Å². The minimum Gasteiger partial charge on any atom is -0.338 e. The predicted molar refractivity (Wildman–Crippen MR) is 491 cm³/mol. The normalized spacial score (nSPS) is 13.8. The number of amides is 5. The highest BCUT2D eigenvalue weighted by Gasteiger charge is 2.33. The Morgan fingerprint density at radius 2 is 0.704 bits per heavy atom. The number of nitrogens with one attached hydrogen (secondary N) is 5. The fraction of sp³-hybridized carbons (Fsp3) is 0.327. The average Bonchev–Trinajstić information content (AvgIpc) is 1.66. The summed E-state index contributed by atoms with van der Waals surface area (Å²) in [6.45, 7) is 31.7. The van der Waals surface area contributed by atoms with Crippen molar-refractivity contribution in [2.45, 2.75) is 174 Å². The number of pyridine rings is 2. The highest BCUT2D eigenvalue weighted by molar-refractivity contribution is 5.78. The van der Waals surface area contributed by atoms with Crippen LogP contribution in [0.2, 0.25) is 0 Å². The fourth-order valence-corrected chi connectivity index (χ4v) is 16.7. The van der Waals surface area contributed by atoms with E-state index in [0.29, 0.717) is 45.8 Å². The molecule has 125 heavy (non-hydrogen) atoms. The van der Waals surface area contributed by atoms with Crippen LogP contribution in [0.15, 0.2) is 201 Å². The lowest BCUT2D eigenvalue weighted by Crippen LogP contribution is -2.35. The van der Waals surface area contributed by atoms with Gasteiger partial charge in [-0.1, -0.05) is 103 Å². The van der Waals surface area contributed by atoms with Crippen LogP contribution in [-0.4, -0.2) is 146 Å². The molecule has 0 bridgehead atoms. The summed E-state index contributed by atoms with van der Waals surface area (Å²) in [6.07, 6.45) is 9.58. The van der Waals surface area contributed by atoms with E-state index >= 15 is 0 Å². The van der Waals surface area contributed by atoms with Crippen molar-refractivity contribution in [2.24, 2.45) is 7.05 Å². The Hall–Kier alpha value is -14.0. The predicted octanol–water partition coefficient (Wildman–Crippen LogP) is 16.3. The summed E-state index contributed by atoms with van der Waals surface area (Å²) in [4.78, 5) is 77.0. The first-order valence-corrected chi connectivity index (χ1v) is 43.1. The number of carbonyl (C=O) groups excluding carboxylic acids is 5. The number of hydrogen-bond acceptors (Lipinski definition) is 17. The fourth-order valence-electron chi connectivity index (χ4n) is 16.7. The molecule has 1 atom stereocenters. The molecule has 5 aliphatic rings. The Bertz CT molecular complexity index is 5830. The summed E-state index contributed by atoms with van der Waals surface area (Å²) in [5.74, 6) is 4.75. The SMILES string of the molecule is CC(=O)N1CCc2c(c(Nc3cccc(C)c3)nn2C(C)c2ccccc2)C1.CC(=O)N1CCc2c(c(Nc3cccc(C)c3)nn2C)C1.CC(=O)N1CCc2c(c(Nc3cccc(C)c3)nn2Cc2ccccn2)C1.CC(=O)N1CCc2c(c(Nc3cccc(C)c3)nn2Cc2cccnc2)C1.CCn1nc(Nc2cccc(C)c2)c2c1CCN(C(C)=O)C2. The molecule has 5 amide bonds. The maximum atomic E-state index is 12.0. The van der Waals surface area contributed by atoms with E-state index in [1.807, 2.05) is 147 Å². The molecule has 7 aromatic heterocycles. The molecular formula is C98H114N22O5. The molecule has 18 rings (SSSR count). The number of aryl methyl sites for hydroxylation is 7. The first kappa shape index (κ1) is 87.4. The van der Waals surface area contributed by atoms with Crippen molar-refractivity contribution in [1.29, 1.82) is 0 Å². The number of anilines is 10. The van der Waals surface area contributed by atoms with E-state index in [4.69, 9.17) is 20.4 Å². The van der Waals surface area contributed by atoms with Gasteiger partial charge in [0.25, 0.3) is 0 Å². The van der Waals surface area contributed by atoms with Gasteiger partial charge >= 0.3 is 0 Å². The zero-order chi connectivity index (χ0) is 88.0. The molecule has 0 fully saturated rings. The molecule has 646 valence electrons. The van der Waals surface area contributed by atoms with E-state index < -0.39 is 0 Å². The third-order valence-electron chi connectivity index (χ3n) is 23.4. The first-order chi connectivity index (χ1) is 60.3. The largest absolute Gasteiger partial charge is 0.338 e. The molecular weight excluding hydrogens is 1570 g/mol. The van der Waals surface area contributed by atoms with Gasteiger partial charge in [-0.05, 0) is 166 Å². The van der Waals surface area contributed by atoms with E-state index in [1.165, 1.54) is 61.9 Å². The Labute approximate surface area is 731 Å². The first-order valence-electron chi connectivity index (χ1n) is 43.1. The number of rotatable bonds is 17. The second-order valence-electron chi connectivity index (χ2n) is 32.8. The molecule has 0 saturated carbocycles. The quantitative estimate of drug-likeness (QED) is 0.0566. The minimum absolute atomic E-state index is 0.0969. The second-order valence-corrected chi connectivity index (χ2v) is 32.8. The molecule has 27 heteroatoms. The zero-order valence-electron chi connectivity index (χ0n) is 74.0. The van der Waals surface area contributed by atoms with Crippen LogP contribution in [0, 0.1) is 34.6 Å². The molecule has 5 aliphatic heterocycles. The van der Waals surface area contributed by atoms with Gasteiger partial charge in [-0.3, -0.25) is 57.3 Å². The van der Waals surface area contributed by atoms with E-state index in [-0.39, 0.29) is 35.6 Å². The smallest absolute Gasteiger partial charge is 0.219 e. The molecule has 0 radical (unpaired) electrons. The lowest BCUT2D eigenvalue weighted by atomic mass is 10.0. The highest BCUT2D eigenvalue weighted by Crippen LogP contribution is 2.37. The van der Waals surface area contributed by atoms with Gasteiger partial charge in [0.2, 0.25) is 29.5 Å². The average molecular weight is 1680 g/mol. The Morgan fingerprint density at radius 3 is 1.07 bits per heavy atom. The van der Waals surface area contributed by atoms with Crippen molar-refractivity contribution in [1.82, 2.24) is 83.4 Å². The molecule has 13 aromatic rings. The second kappa shape index (κ2) is 39.9. The molecule has 0 aliphatic carbocycles. The summed E-state index contributed by atoms with van der Waals surface area (Å²) in [6, 6.07) is 61.6. The van der Waals surface area contributed by atoms with Crippen LogP contribution < -0.4 is 26.6 Å². The molecule has 0 saturated heterocycles. The molecule has 6 aromatic carbocycles. The van der Waals surface area contributed by atoms with Gasteiger partial charge in [-0.25, -0.2) is 0 Å². The monoisotopic (exact) mass is 1680 g/mol. The number of benzene rings is 6. The lowest BCUT2D eigenvalue weighted by molar-refractivity contribution is -0.130. The van der Waals surface area contributed by atoms with Gasteiger partial charge in [-0.2, -0.15) is 25.5 Å². The summed E-state index contributed by atoms with van der Waals surface area (Å²) < 4.78 is 10.2. The molecule has 5 N–H and O–H groups in total. The molecule has 0 spiro atoms. The number of nitrogens with zero attached hydrogens (tertiary/aromatic N) is 17. The third-order valence-corrected chi connectivity index (χ3v) is 23.4. The van der Waals surface area contributed by atoms with Crippen LogP contribution in [0.25, 0.3) is 0 Å². The minimum atomic E-state index is 0.0969. The van der Waals surface area contributed by atoms with Crippen molar-refractivity contribution in [3.8, 4) is 0 Å².